The summed E-state index contributed by atoms with van der Waals surface area (Å²) in [5.41, 5.74) is 1.26. The minimum atomic E-state index is -0.000967. The van der Waals surface area contributed by atoms with E-state index in [1.807, 2.05) is 24.3 Å². The first-order valence-corrected chi connectivity index (χ1v) is 5.40. The fourth-order valence-corrected chi connectivity index (χ4v) is 1.85. The second-order valence-corrected chi connectivity index (χ2v) is 3.80. The molecule has 1 fully saturated rings. The zero-order valence-electron chi connectivity index (χ0n) is 9.10. The molecule has 3 nitrogen and oxygen atoms in total. The normalized spacial score (nSPS) is 21.1. The second kappa shape index (κ2) is 5.55. The Bertz CT molecular complexity index is 380. The summed E-state index contributed by atoms with van der Waals surface area (Å²) >= 11 is 0. The lowest BCUT2D eigenvalue weighted by Crippen LogP contribution is -2.44. The van der Waals surface area contributed by atoms with Gasteiger partial charge in [-0.25, -0.2) is 0 Å². The lowest BCUT2D eigenvalue weighted by Gasteiger charge is -2.32. The van der Waals surface area contributed by atoms with Crippen LogP contribution in [0.1, 0.15) is 5.56 Å². The summed E-state index contributed by atoms with van der Waals surface area (Å²) in [6.45, 7) is 3.01. The predicted octanol–water partition coefficient (Wildman–Crippen LogP) is 1.22. The largest absolute Gasteiger partial charge is 0.462 e. The van der Waals surface area contributed by atoms with Gasteiger partial charge >= 0.3 is 0 Å². The molecule has 1 heterocycles. The van der Waals surface area contributed by atoms with Crippen LogP contribution < -0.4 is 0 Å². The van der Waals surface area contributed by atoms with Gasteiger partial charge in [0, 0.05) is 13.1 Å². The summed E-state index contributed by atoms with van der Waals surface area (Å²) in [7, 11) is 0. The number of benzene rings is 1. The molecule has 1 saturated heterocycles. The Hall–Kier alpha value is -1.50. The van der Waals surface area contributed by atoms with Crippen LogP contribution in [0.15, 0.2) is 30.3 Å². The van der Waals surface area contributed by atoms with Crippen LogP contribution in [0.4, 0.5) is 0 Å². The van der Waals surface area contributed by atoms with Crippen molar-refractivity contribution in [2.45, 2.75) is 12.6 Å². The van der Waals surface area contributed by atoms with Gasteiger partial charge in [0.05, 0.1) is 19.3 Å². The van der Waals surface area contributed by atoms with E-state index in [1.54, 1.807) is 0 Å². The van der Waals surface area contributed by atoms with Crippen LogP contribution in [-0.4, -0.2) is 35.8 Å². The van der Waals surface area contributed by atoms with Crippen LogP contribution in [-0.2, 0) is 11.3 Å². The fourth-order valence-electron chi connectivity index (χ4n) is 1.85. The molecular formula is C13H15NO2. The van der Waals surface area contributed by atoms with Crippen LogP contribution in [0.25, 0.3) is 0 Å². The fraction of sp³-hybridized carbons (Fsp3) is 0.385. The van der Waals surface area contributed by atoms with E-state index in [1.165, 1.54) is 5.56 Å². The first kappa shape index (κ1) is 11.0. The summed E-state index contributed by atoms with van der Waals surface area (Å²) in [5, 5.41) is 8.66. The zero-order chi connectivity index (χ0) is 11.2. The van der Waals surface area contributed by atoms with Crippen LogP contribution in [0.3, 0.4) is 0 Å². The highest BCUT2D eigenvalue weighted by atomic mass is 16.5. The van der Waals surface area contributed by atoms with Crippen molar-refractivity contribution in [2.75, 3.05) is 19.8 Å². The Balaban J connectivity index is 2.03. The van der Waals surface area contributed by atoms with E-state index in [-0.39, 0.29) is 6.04 Å². The van der Waals surface area contributed by atoms with Crippen LogP contribution >= 0.6 is 0 Å². The molecule has 2 rings (SSSR count). The highest BCUT2D eigenvalue weighted by Gasteiger charge is 2.21. The maximum Gasteiger partial charge on any atom is 0.109 e. The maximum atomic E-state index is 8.66. The molecule has 3 heteroatoms. The number of rotatable bonds is 2. The van der Waals surface area contributed by atoms with Gasteiger partial charge in [0.1, 0.15) is 6.11 Å². The zero-order valence-corrected chi connectivity index (χ0v) is 9.10. The van der Waals surface area contributed by atoms with Crippen molar-refractivity contribution >= 4 is 0 Å². The second-order valence-electron chi connectivity index (χ2n) is 3.80. The van der Waals surface area contributed by atoms with Crippen molar-refractivity contribution in [3.8, 4) is 12.0 Å². The van der Waals surface area contributed by atoms with Gasteiger partial charge in [-0.1, -0.05) is 30.3 Å². The van der Waals surface area contributed by atoms with E-state index < -0.39 is 0 Å². The number of hydrogen-bond acceptors (Lipinski definition) is 3. The van der Waals surface area contributed by atoms with E-state index in [2.05, 4.69) is 23.0 Å². The smallest absolute Gasteiger partial charge is 0.109 e. The average molecular weight is 217 g/mol. The molecule has 1 aliphatic heterocycles. The molecule has 1 unspecified atom stereocenters. The van der Waals surface area contributed by atoms with Crippen molar-refractivity contribution < 1.29 is 9.84 Å². The lowest BCUT2D eigenvalue weighted by molar-refractivity contribution is 0.00936. The monoisotopic (exact) mass is 217 g/mol. The van der Waals surface area contributed by atoms with Gasteiger partial charge in [0.25, 0.3) is 0 Å². The number of hydrogen-bond donors (Lipinski definition) is 1. The Morgan fingerprint density at radius 3 is 2.94 bits per heavy atom. The number of aliphatic hydroxyl groups excluding tert-OH is 1. The van der Waals surface area contributed by atoms with E-state index >= 15 is 0 Å². The Morgan fingerprint density at radius 1 is 1.38 bits per heavy atom. The summed E-state index contributed by atoms with van der Waals surface area (Å²) in [5.74, 6) is 2.76. The number of morpholine rings is 1. The Labute approximate surface area is 95.6 Å². The van der Waals surface area contributed by atoms with Crippen LogP contribution in [0.2, 0.25) is 0 Å². The first-order valence-electron chi connectivity index (χ1n) is 5.40. The molecule has 1 aliphatic rings. The average Bonchev–Trinajstić information content (AvgIpc) is 2.33. The third-order valence-electron chi connectivity index (χ3n) is 2.70. The minimum Gasteiger partial charge on any atom is -0.462 e. The molecule has 1 aromatic rings. The summed E-state index contributed by atoms with van der Waals surface area (Å²) in [6.07, 6.45) is 1.98. The van der Waals surface area contributed by atoms with Gasteiger partial charge in [-0.15, -0.1) is 0 Å². The molecule has 1 atom stereocenters. The van der Waals surface area contributed by atoms with Gasteiger partial charge in [0.15, 0.2) is 0 Å². The molecular weight excluding hydrogens is 202 g/mol. The molecule has 0 saturated carbocycles. The van der Waals surface area contributed by atoms with E-state index in [0.717, 1.165) is 19.7 Å². The highest BCUT2D eigenvalue weighted by Crippen LogP contribution is 2.11. The number of aliphatic hydroxyl groups is 1. The van der Waals surface area contributed by atoms with E-state index in [4.69, 9.17) is 9.84 Å². The standard InChI is InChI=1S/C13H15NO2/c15-8-6-13-11-16-9-7-14(13)10-12-4-2-1-3-5-12/h1-5,13,15H,7,9-11H2. The van der Waals surface area contributed by atoms with Gasteiger partial charge in [-0.05, 0) is 11.5 Å². The topological polar surface area (TPSA) is 32.7 Å². The van der Waals surface area contributed by atoms with Gasteiger partial charge in [-0.2, -0.15) is 0 Å². The van der Waals surface area contributed by atoms with Gasteiger partial charge < -0.3 is 9.84 Å². The molecule has 1 N–H and O–H groups in total. The van der Waals surface area contributed by atoms with Crippen molar-refractivity contribution in [1.82, 2.24) is 4.90 Å². The molecule has 84 valence electrons. The quantitative estimate of drug-likeness (QED) is 0.756. The SMILES string of the molecule is OC#CC1COCCN1Cc1ccccc1. The van der Waals surface area contributed by atoms with E-state index in [9.17, 15) is 0 Å². The lowest BCUT2D eigenvalue weighted by atomic mass is 10.1. The predicted molar refractivity (Wildman–Crippen MR) is 61.2 cm³/mol. The molecule has 0 radical (unpaired) electrons. The third kappa shape index (κ3) is 2.75. The third-order valence-corrected chi connectivity index (χ3v) is 2.70. The van der Waals surface area contributed by atoms with Crippen LogP contribution in [0.5, 0.6) is 0 Å². The molecule has 0 aromatic heterocycles. The number of ether oxygens (including phenoxy) is 1. The molecule has 0 amide bonds. The molecule has 0 bridgehead atoms. The van der Waals surface area contributed by atoms with Crippen molar-refractivity contribution in [3.05, 3.63) is 35.9 Å². The van der Waals surface area contributed by atoms with Crippen molar-refractivity contribution in [2.24, 2.45) is 0 Å². The Morgan fingerprint density at radius 2 is 2.19 bits per heavy atom. The maximum absolute atomic E-state index is 8.66. The van der Waals surface area contributed by atoms with Crippen molar-refractivity contribution in [3.63, 3.8) is 0 Å². The summed E-state index contributed by atoms with van der Waals surface area (Å²) in [4.78, 5) is 2.22. The van der Waals surface area contributed by atoms with Gasteiger partial charge in [0.2, 0.25) is 0 Å². The first-order chi connectivity index (χ1) is 7.90. The van der Waals surface area contributed by atoms with Crippen molar-refractivity contribution in [1.29, 1.82) is 0 Å². The summed E-state index contributed by atoms with van der Waals surface area (Å²) in [6, 6.07) is 10.3. The minimum absolute atomic E-state index is 0.000967. The Kier molecular flexibility index (Phi) is 3.81. The highest BCUT2D eigenvalue weighted by molar-refractivity contribution is 5.16. The van der Waals surface area contributed by atoms with E-state index in [0.29, 0.717) is 6.61 Å². The molecule has 0 aliphatic carbocycles. The molecule has 16 heavy (non-hydrogen) atoms. The number of nitrogens with zero attached hydrogens (tertiary/aromatic N) is 1. The van der Waals surface area contributed by atoms with Gasteiger partial charge in [-0.3, -0.25) is 4.90 Å². The summed E-state index contributed by atoms with van der Waals surface area (Å²) < 4.78 is 5.35. The molecule has 1 aromatic carbocycles. The van der Waals surface area contributed by atoms with Crippen LogP contribution in [0, 0.1) is 12.0 Å². The molecule has 0 spiro atoms.